The molecule has 27 heavy (non-hydrogen) atoms. The lowest BCUT2D eigenvalue weighted by atomic mass is 9.77. The van der Waals surface area contributed by atoms with E-state index in [1.54, 1.807) is 0 Å². The SMILES string of the molecule is O=C(O)CCC/C=C\C[C@@H]1[C@H](/C=C/C(O)Cc2ccccc2)[C@@H]2CC[C@H]1O2. The van der Waals surface area contributed by atoms with E-state index in [1.165, 1.54) is 0 Å². The highest BCUT2D eigenvalue weighted by molar-refractivity contribution is 5.66. The van der Waals surface area contributed by atoms with Gasteiger partial charge in [-0.1, -0.05) is 54.6 Å². The highest BCUT2D eigenvalue weighted by Crippen LogP contribution is 2.45. The third-order valence-electron chi connectivity index (χ3n) is 5.67. The molecule has 5 atom stereocenters. The normalized spacial score (nSPS) is 28.3. The lowest BCUT2D eigenvalue weighted by Gasteiger charge is -2.25. The Hall–Kier alpha value is -1.91. The molecule has 2 aliphatic rings. The zero-order valence-electron chi connectivity index (χ0n) is 15.7. The summed E-state index contributed by atoms with van der Waals surface area (Å²) in [7, 11) is 0. The van der Waals surface area contributed by atoms with E-state index >= 15 is 0 Å². The molecule has 2 heterocycles. The summed E-state index contributed by atoms with van der Waals surface area (Å²) >= 11 is 0. The number of fused-ring (bicyclic) bond motifs is 2. The van der Waals surface area contributed by atoms with Crippen LogP contribution in [0.3, 0.4) is 0 Å². The first-order valence-corrected chi connectivity index (χ1v) is 10.1. The number of benzene rings is 1. The minimum absolute atomic E-state index is 0.228. The lowest BCUT2D eigenvalue weighted by Crippen LogP contribution is -2.25. The molecule has 2 fully saturated rings. The van der Waals surface area contributed by atoms with Gasteiger partial charge in [0, 0.05) is 18.8 Å². The molecule has 3 rings (SSSR count). The first kappa shape index (κ1) is 19.8. The molecule has 4 heteroatoms. The number of hydrogen-bond acceptors (Lipinski definition) is 3. The third-order valence-corrected chi connectivity index (χ3v) is 5.67. The quantitative estimate of drug-likeness (QED) is 0.480. The summed E-state index contributed by atoms with van der Waals surface area (Å²) < 4.78 is 6.11. The Morgan fingerprint density at radius 2 is 1.96 bits per heavy atom. The van der Waals surface area contributed by atoms with E-state index in [2.05, 4.69) is 18.2 Å². The van der Waals surface area contributed by atoms with Crippen molar-refractivity contribution in [3.63, 3.8) is 0 Å². The number of aliphatic hydroxyl groups is 1. The topological polar surface area (TPSA) is 66.8 Å². The Balaban J connectivity index is 1.50. The monoisotopic (exact) mass is 370 g/mol. The zero-order valence-corrected chi connectivity index (χ0v) is 15.7. The molecule has 0 spiro atoms. The Morgan fingerprint density at radius 1 is 1.19 bits per heavy atom. The molecule has 0 radical (unpaired) electrons. The van der Waals surface area contributed by atoms with Crippen molar-refractivity contribution in [3.8, 4) is 0 Å². The maximum absolute atomic E-state index is 10.5. The third kappa shape index (κ3) is 5.78. The largest absolute Gasteiger partial charge is 0.481 e. The number of allylic oxidation sites excluding steroid dienone is 2. The van der Waals surface area contributed by atoms with Gasteiger partial charge in [0.2, 0.25) is 0 Å². The van der Waals surface area contributed by atoms with Gasteiger partial charge in [-0.15, -0.1) is 0 Å². The number of carbonyl (C=O) groups is 1. The smallest absolute Gasteiger partial charge is 0.303 e. The van der Waals surface area contributed by atoms with Gasteiger partial charge in [-0.3, -0.25) is 4.79 Å². The maximum atomic E-state index is 10.5. The molecule has 0 aromatic heterocycles. The molecule has 1 unspecified atom stereocenters. The van der Waals surface area contributed by atoms with Crippen molar-refractivity contribution in [2.45, 2.75) is 63.3 Å². The van der Waals surface area contributed by atoms with Gasteiger partial charge in [0.25, 0.3) is 0 Å². The van der Waals surface area contributed by atoms with Crippen molar-refractivity contribution in [2.75, 3.05) is 0 Å². The average Bonchev–Trinajstić information content (AvgIpc) is 3.25. The lowest BCUT2D eigenvalue weighted by molar-refractivity contribution is -0.137. The summed E-state index contributed by atoms with van der Waals surface area (Å²) in [5.41, 5.74) is 1.14. The van der Waals surface area contributed by atoms with Crippen LogP contribution in [0.25, 0.3) is 0 Å². The second kappa shape index (κ2) is 9.86. The molecular formula is C23H30O4. The van der Waals surface area contributed by atoms with Crippen molar-refractivity contribution < 1.29 is 19.7 Å². The number of hydrogen-bond donors (Lipinski definition) is 2. The fourth-order valence-electron chi connectivity index (χ4n) is 4.31. The molecule has 146 valence electrons. The van der Waals surface area contributed by atoms with Gasteiger partial charge in [0.15, 0.2) is 0 Å². The average molecular weight is 370 g/mol. The van der Waals surface area contributed by atoms with Gasteiger partial charge in [0.1, 0.15) is 0 Å². The van der Waals surface area contributed by atoms with Crippen LogP contribution in [0.5, 0.6) is 0 Å². The van der Waals surface area contributed by atoms with Gasteiger partial charge in [-0.05, 0) is 43.6 Å². The predicted molar refractivity (Wildman–Crippen MR) is 105 cm³/mol. The predicted octanol–water partition coefficient (Wildman–Crippen LogP) is 4.14. The van der Waals surface area contributed by atoms with E-state index in [0.717, 1.165) is 31.2 Å². The van der Waals surface area contributed by atoms with Crippen LogP contribution in [0.2, 0.25) is 0 Å². The maximum Gasteiger partial charge on any atom is 0.303 e. The minimum atomic E-state index is -0.732. The van der Waals surface area contributed by atoms with Gasteiger partial charge in [0.05, 0.1) is 18.3 Å². The fourth-order valence-corrected chi connectivity index (χ4v) is 4.31. The van der Waals surface area contributed by atoms with E-state index in [4.69, 9.17) is 9.84 Å². The van der Waals surface area contributed by atoms with Crippen LogP contribution < -0.4 is 0 Å². The number of carboxylic acids is 1. The van der Waals surface area contributed by atoms with Crippen molar-refractivity contribution >= 4 is 5.97 Å². The second-order valence-corrected chi connectivity index (χ2v) is 7.67. The fraction of sp³-hybridized carbons (Fsp3) is 0.522. The highest BCUT2D eigenvalue weighted by Gasteiger charge is 2.46. The Labute approximate surface area is 161 Å². The molecular weight excluding hydrogens is 340 g/mol. The molecule has 0 amide bonds. The molecule has 1 aromatic carbocycles. The van der Waals surface area contributed by atoms with Gasteiger partial charge in [-0.25, -0.2) is 0 Å². The van der Waals surface area contributed by atoms with Gasteiger partial charge in [-0.2, -0.15) is 0 Å². The van der Waals surface area contributed by atoms with Gasteiger partial charge < -0.3 is 14.9 Å². The molecule has 1 aromatic rings. The zero-order chi connectivity index (χ0) is 19.1. The molecule has 2 aliphatic heterocycles. The number of aliphatic carboxylic acids is 1. The van der Waals surface area contributed by atoms with Gasteiger partial charge >= 0.3 is 5.97 Å². The van der Waals surface area contributed by atoms with Crippen molar-refractivity contribution in [1.82, 2.24) is 0 Å². The molecule has 4 nitrogen and oxygen atoms in total. The molecule has 0 saturated carbocycles. The van der Waals surface area contributed by atoms with Crippen molar-refractivity contribution in [3.05, 3.63) is 60.2 Å². The standard InChI is InChI=1S/C23H30O4/c24-18(16-17-8-4-3-5-9-17)12-13-20-19(21-14-15-22(20)27-21)10-6-1-2-7-11-23(25)26/h1,3-6,8-9,12-13,18-22,24H,2,7,10-11,14-16H2,(H,25,26)/b6-1-,13-12+/t18?,19-,20+,21-,22+/m1/s1. The van der Waals surface area contributed by atoms with Crippen LogP contribution in [0.15, 0.2) is 54.6 Å². The highest BCUT2D eigenvalue weighted by atomic mass is 16.5. The summed E-state index contributed by atoms with van der Waals surface area (Å²) in [6, 6.07) is 10.0. The van der Waals surface area contributed by atoms with Crippen LogP contribution in [0.4, 0.5) is 0 Å². The number of unbranched alkanes of at least 4 members (excludes halogenated alkanes) is 1. The number of rotatable bonds is 10. The summed E-state index contributed by atoms with van der Waals surface area (Å²) in [5, 5.41) is 19.0. The first-order chi connectivity index (χ1) is 13.1. The number of aliphatic hydroxyl groups excluding tert-OH is 1. The van der Waals surface area contributed by atoms with Crippen LogP contribution in [0.1, 0.15) is 44.1 Å². The minimum Gasteiger partial charge on any atom is -0.481 e. The molecule has 2 bridgehead atoms. The van der Waals surface area contributed by atoms with E-state index in [9.17, 15) is 9.90 Å². The van der Waals surface area contributed by atoms with Crippen molar-refractivity contribution in [1.29, 1.82) is 0 Å². The van der Waals surface area contributed by atoms with Crippen LogP contribution >= 0.6 is 0 Å². The Kier molecular flexibility index (Phi) is 7.25. The molecule has 2 saturated heterocycles. The summed E-state index contributed by atoms with van der Waals surface area (Å²) in [6.07, 6.45) is 14.0. The van der Waals surface area contributed by atoms with E-state index in [0.29, 0.717) is 30.8 Å². The Morgan fingerprint density at radius 3 is 2.74 bits per heavy atom. The van der Waals surface area contributed by atoms with Crippen molar-refractivity contribution in [2.24, 2.45) is 11.8 Å². The summed E-state index contributed by atoms with van der Waals surface area (Å²) in [6.45, 7) is 0. The second-order valence-electron chi connectivity index (χ2n) is 7.67. The van der Waals surface area contributed by atoms with Crippen LogP contribution in [0, 0.1) is 11.8 Å². The number of carboxylic acid groups (broad SMARTS) is 1. The van der Waals surface area contributed by atoms with E-state index in [-0.39, 0.29) is 12.5 Å². The van der Waals surface area contributed by atoms with E-state index in [1.807, 2.05) is 36.4 Å². The molecule has 0 aliphatic carbocycles. The summed E-state index contributed by atoms with van der Waals surface area (Å²) in [5.74, 6) is 0.0849. The van der Waals surface area contributed by atoms with Crippen LogP contribution in [-0.2, 0) is 16.0 Å². The molecule has 2 N–H and O–H groups in total. The Bertz CT molecular complexity index is 652. The number of ether oxygens (including phenoxy) is 1. The van der Waals surface area contributed by atoms with E-state index < -0.39 is 12.1 Å². The summed E-state index contributed by atoms with van der Waals surface area (Å²) in [4.78, 5) is 10.5. The first-order valence-electron chi connectivity index (χ1n) is 10.1. The van der Waals surface area contributed by atoms with Crippen LogP contribution in [-0.4, -0.2) is 34.5 Å².